The van der Waals surface area contributed by atoms with E-state index in [0.29, 0.717) is 6.26 Å². The molecule has 0 aliphatic rings. The second-order valence-corrected chi connectivity index (χ2v) is 3.30. The second-order valence-electron chi connectivity index (χ2n) is 1.15. The van der Waals surface area contributed by atoms with Gasteiger partial charge in [-0.15, -0.1) is 10.6 Å². The van der Waals surface area contributed by atoms with Gasteiger partial charge in [-0.1, -0.05) is 0 Å². The first-order valence-electron chi connectivity index (χ1n) is 1.45. The lowest BCUT2D eigenvalue weighted by molar-refractivity contribution is 0.217. The summed E-state index contributed by atoms with van der Waals surface area (Å²) in [6.45, 7) is 0. The summed E-state index contributed by atoms with van der Waals surface area (Å²) < 4.78 is 38.1. The van der Waals surface area contributed by atoms with Crippen molar-refractivity contribution in [1.29, 1.82) is 0 Å². The van der Waals surface area contributed by atoms with Crippen molar-refractivity contribution in [2.75, 3.05) is 6.26 Å². The van der Waals surface area contributed by atoms with Crippen LogP contribution in [0.1, 0.15) is 0 Å². The summed E-state index contributed by atoms with van der Waals surface area (Å²) in [5.74, 6) is -3.01. The standard InChI is InChI=1S/C2H6F2O2S/c1-7(5,6)2(3)4/h2,5-6H,1H3. The van der Waals surface area contributed by atoms with Gasteiger partial charge in [0.1, 0.15) is 0 Å². The molecule has 46 valence electrons. The molecule has 0 heterocycles. The van der Waals surface area contributed by atoms with Gasteiger partial charge in [0.05, 0.1) is 0 Å². The van der Waals surface area contributed by atoms with Crippen LogP contribution in [0.2, 0.25) is 0 Å². The van der Waals surface area contributed by atoms with Gasteiger partial charge in [0.2, 0.25) is 0 Å². The number of hydrogen-bond acceptors (Lipinski definition) is 2. The third-order valence-corrected chi connectivity index (χ3v) is 1.01. The highest BCUT2D eigenvalue weighted by molar-refractivity contribution is 8.24. The lowest BCUT2D eigenvalue weighted by Gasteiger charge is -2.24. The highest BCUT2D eigenvalue weighted by Crippen LogP contribution is 2.40. The van der Waals surface area contributed by atoms with Crippen LogP contribution in [-0.4, -0.2) is 21.1 Å². The fraction of sp³-hybridized carbons (Fsp3) is 1.00. The Balaban J connectivity index is 3.54. The summed E-state index contributed by atoms with van der Waals surface area (Å²) in [5, 5.41) is 0. The molecule has 0 aromatic rings. The minimum atomic E-state index is -3.57. The van der Waals surface area contributed by atoms with Crippen molar-refractivity contribution in [3.05, 3.63) is 0 Å². The third-order valence-electron chi connectivity index (χ3n) is 0.338. The van der Waals surface area contributed by atoms with Crippen molar-refractivity contribution in [2.45, 2.75) is 5.76 Å². The van der Waals surface area contributed by atoms with E-state index >= 15 is 0 Å². The maximum absolute atomic E-state index is 11.1. The molecule has 0 saturated carbocycles. The molecule has 0 atom stereocenters. The van der Waals surface area contributed by atoms with Gasteiger partial charge in [-0.3, -0.25) is 9.11 Å². The number of halogens is 2. The predicted octanol–water partition coefficient (Wildman–Crippen LogP) is 1.59. The molecular weight excluding hydrogens is 126 g/mol. The second kappa shape index (κ2) is 1.94. The van der Waals surface area contributed by atoms with Gasteiger partial charge in [0.15, 0.2) is 0 Å². The van der Waals surface area contributed by atoms with Gasteiger partial charge < -0.3 is 0 Å². The summed E-state index contributed by atoms with van der Waals surface area (Å²) in [5.41, 5.74) is 0. The van der Waals surface area contributed by atoms with E-state index in [0.717, 1.165) is 0 Å². The Morgan fingerprint density at radius 2 is 1.57 bits per heavy atom. The lowest BCUT2D eigenvalue weighted by atomic mass is 11.7. The molecule has 0 unspecified atom stereocenters. The molecule has 0 aliphatic carbocycles. The molecule has 0 fully saturated rings. The number of hydrogen-bond donors (Lipinski definition) is 2. The predicted molar refractivity (Wildman–Crippen MR) is 24.8 cm³/mol. The van der Waals surface area contributed by atoms with Crippen LogP contribution in [0.25, 0.3) is 0 Å². The summed E-state index contributed by atoms with van der Waals surface area (Å²) in [7, 11) is -3.57. The Kier molecular flexibility index (Phi) is 1.97. The number of rotatable bonds is 1. The van der Waals surface area contributed by atoms with Crippen molar-refractivity contribution in [1.82, 2.24) is 0 Å². The highest BCUT2D eigenvalue weighted by atomic mass is 32.3. The molecule has 0 aliphatic heterocycles. The quantitative estimate of drug-likeness (QED) is 0.568. The van der Waals surface area contributed by atoms with Crippen LogP contribution >= 0.6 is 10.6 Å². The molecule has 0 saturated heterocycles. The van der Waals surface area contributed by atoms with E-state index in [1.807, 2.05) is 0 Å². The normalized spacial score (nSPS) is 15.1. The fourth-order valence-electron chi connectivity index (χ4n) is 0. The van der Waals surface area contributed by atoms with Gasteiger partial charge >= 0.3 is 5.76 Å². The fourth-order valence-corrected chi connectivity index (χ4v) is 0. The summed E-state index contributed by atoms with van der Waals surface area (Å²) in [6.07, 6.45) is 0.706. The molecule has 0 rings (SSSR count). The monoisotopic (exact) mass is 132 g/mol. The lowest BCUT2D eigenvalue weighted by Crippen LogP contribution is -2.03. The Bertz CT molecular complexity index is 59.2. The van der Waals surface area contributed by atoms with Crippen molar-refractivity contribution >= 4 is 10.6 Å². The summed E-state index contributed by atoms with van der Waals surface area (Å²) in [6, 6.07) is 0. The van der Waals surface area contributed by atoms with Crippen LogP contribution in [0.15, 0.2) is 0 Å². The molecule has 0 aromatic carbocycles. The molecular formula is C2H6F2O2S. The topological polar surface area (TPSA) is 40.5 Å². The Morgan fingerprint density at radius 3 is 1.57 bits per heavy atom. The molecule has 7 heavy (non-hydrogen) atoms. The van der Waals surface area contributed by atoms with Crippen LogP contribution in [0, 0.1) is 0 Å². The van der Waals surface area contributed by atoms with Crippen molar-refractivity contribution < 1.29 is 17.9 Å². The molecule has 0 radical (unpaired) electrons. The molecule has 2 N–H and O–H groups in total. The third kappa shape index (κ3) is 2.78. The SMILES string of the molecule is CS(O)(O)C(F)F. The molecule has 2 nitrogen and oxygen atoms in total. The van der Waals surface area contributed by atoms with E-state index in [-0.39, 0.29) is 0 Å². The minimum absolute atomic E-state index is 0.706. The van der Waals surface area contributed by atoms with Gasteiger partial charge in [-0.25, -0.2) is 0 Å². The summed E-state index contributed by atoms with van der Waals surface area (Å²) >= 11 is 0. The maximum atomic E-state index is 11.1. The summed E-state index contributed by atoms with van der Waals surface area (Å²) in [4.78, 5) is 0. The first-order chi connectivity index (χ1) is 2.94. The van der Waals surface area contributed by atoms with Gasteiger partial charge in [0, 0.05) is 6.26 Å². The van der Waals surface area contributed by atoms with Crippen LogP contribution in [0.3, 0.4) is 0 Å². The largest absolute Gasteiger partial charge is 0.326 e. The highest BCUT2D eigenvalue weighted by Gasteiger charge is 2.16. The Morgan fingerprint density at radius 1 is 1.43 bits per heavy atom. The van der Waals surface area contributed by atoms with Gasteiger partial charge in [-0.05, 0) is 0 Å². The van der Waals surface area contributed by atoms with E-state index in [9.17, 15) is 8.78 Å². The Labute approximate surface area is 41.5 Å². The van der Waals surface area contributed by atoms with Crippen LogP contribution < -0.4 is 0 Å². The zero-order chi connectivity index (χ0) is 6.08. The molecule has 0 aromatic heterocycles. The smallest absolute Gasteiger partial charge is 0.295 e. The van der Waals surface area contributed by atoms with Gasteiger partial charge in [0.25, 0.3) is 0 Å². The molecule has 0 bridgehead atoms. The van der Waals surface area contributed by atoms with Crippen molar-refractivity contribution in [3.8, 4) is 0 Å². The maximum Gasteiger partial charge on any atom is 0.326 e. The average molecular weight is 132 g/mol. The average Bonchev–Trinajstić information content (AvgIpc) is 1.31. The van der Waals surface area contributed by atoms with E-state index in [1.165, 1.54) is 0 Å². The molecule has 5 heteroatoms. The number of alkyl halides is 2. The minimum Gasteiger partial charge on any atom is -0.295 e. The molecule has 0 amide bonds. The van der Waals surface area contributed by atoms with E-state index in [2.05, 4.69) is 0 Å². The first-order valence-corrected chi connectivity index (χ1v) is 3.46. The van der Waals surface area contributed by atoms with Gasteiger partial charge in [-0.2, -0.15) is 8.78 Å². The van der Waals surface area contributed by atoms with Crippen molar-refractivity contribution in [2.24, 2.45) is 0 Å². The van der Waals surface area contributed by atoms with Crippen LogP contribution in [0.5, 0.6) is 0 Å². The van der Waals surface area contributed by atoms with Crippen LogP contribution in [-0.2, 0) is 0 Å². The van der Waals surface area contributed by atoms with E-state index < -0.39 is 16.3 Å². The zero-order valence-corrected chi connectivity index (χ0v) is 4.45. The zero-order valence-electron chi connectivity index (χ0n) is 3.64. The van der Waals surface area contributed by atoms with Crippen molar-refractivity contribution in [3.63, 3.8) is 0 Å². The van der Waals surface area contributed by atoms with Crippen LogP contribution in [0.4, 0.5) is 8.78 Å². The van der Waals surface area contributed by atoms with E-state index in [1.54, 1.807) is 0 Å². The van der Waals surface area contributed by atoms with E-state index in [4.69, 9.17) is 9.11 Å². The Hall–Kier alpha value is 0.130. The molecule has 0 spiro atoms. The first kappa shape index (κ1) is 7.13.